The molecule has 0 saturated heterocycles. The molecule has 1 aromatic rings. The lowest BCUT2D eigenvalue weighted by atomic mass is 9.94. The molecule has 4 nitrogen and oxygen atoms in total. The zero-order chi connectivity index (χ0) is 20.8. The van der Waals surface area contributed by atoms with E-state index in [0.717, 1.165) is 18.4 Å². The van der Waals surface area contributed by atoms with Crippen molar-refractivity contribution in [3.8, 4) is 0 Å². The number of hydrogen-bond acceptors (Lipinski definition) is 4. The van der Waals surface area contributed by atoms with Gasteiger partial charge in [-0.2, -0.15) is 0 Å². The summed E-state index contributed by atoms with van der Waals surface area (Å²) in [5.41, 5.74) is 1.24. The zero-order valence-electron chi connectivity index (χ0n) is 18.2. The van der Waals surface area contributed by atoms with E-state index in [1.165, 1.54) is 25.7 Å². The van der Waals surface area contributed by atoms with Gasteiger partial charge in [-0.25, -0.2) is 4.79 Å². The Bertz CT molecular complexity index is 561. The normalized spacial score (nSPS) is 12.6. The van der Waals surface area contributed by atoms with Gasteiger partial charge in [0.05, 0.1) is 0 Å². The molecule has 0 aliphatic carbocycles. The third kappa shape index (κ3) is 7.40. The molecule has 0 aliphatic heterocycles. The monoisotopic (exact) mass is 390 g/mol. The van der Waals surface area contributed by atoms with Crippen molar-refractivity contribution >= 4 is 5.97 Å². The Morgan fingerprint density at radius 2 is 1.54 bits per heavy atom. The van der Waals surface area contributed by atoms with E-state index in [1.807, 2.05) is 44.2 Å². The molecule has 0 radical (unpaired) electrons. The van der Waals surface area contributed by atoms with Crippen LogP contribution < -0.4 is 0 Å². The second-order valence-corrected chi connectivity index (χ2v) is 7.13. The Hall–Kier alpha value is -1.65. The van der Waals surface area contributed by atoms with Crippen LogP contribution in [0.2, 0.25) is 0 Å². The van der Waals surface area contributed by atoms with Crippen molar-refractivity contribution < 1.29 is 19.0 Å². The summed E-state index contributed by atoms with van der Waals surface area (Å²) in [5.74, 6) is -1.52. The van der Waals surface area contributed by atoms with Crippen LogP contribution in [0, 0.1) is 0 Å². The first-order valence-corrected chi connectivity index (χ1v) is 10.7. The lowest BCUT2D eigenvalue weighted by Gasteiger charge is -2.39. The molecule has 158 valence electrons. The summed E-state index contributed by atoms with van der Waals surface area (Å²) in [6.07, 6.45) is 7.12. The fraction of sp³-hybridized carbons (Fsp3) is 0.625. The van der Waals surface area contributed by atoms with Crippen LogP contribution in [0.25, 0.3) is 0 Å². The number of ether oxygens (including phenoxy) is 3. The third-order valence-corrected chi connectivity index (χ3v) is 4.74. The van der Waals surface area contributed by atoms with E-state index in [2.05, 4.69) is 13.5 Å². The molecule has 28 heavy (non-hydrogen) atoms. The number of esters is 1. The first kappa shape index (κ1) is 24.4. The van der Waals surface area contributed by atoms with Crippen molar-refractivity contribution in [3.05, 3.63) is 48.0 Å². The average molecular weight is 391 g/mol. The van der Waals surface area contributed by atoms with Gasteiger partial charge in [0.2, 0.25) is 5.79 Å². The van der Waals surface area contributed by atoms with Gasteiger partial charge in [0.1, 0.15) is 0 Å². The maximum Gasteiger partial charge on any atom is 0.333 e. The summed E-state index contributed by atoms with van der Waals surface area (Å²) in [7, 11) is 0. The lowest BCUT2D eigenvalue weighted by Crippen LogP contribution is -2.47. The van der Waals surface area contributed by atoms with Gasteiger partial charge in [0.15, 0.2) is 6.10 Å². The van der Waals surface area contributed by atoms with Gasteiger partial charge >= 0.3 is 5.97 Å². The Morgan fingerprint density at radius 3 is 2.07 bits per heavy atom. The van der Waals surface area contributed by atoms with Gasteiger partial charge in [0, 0.05) is 24.4 Å². The average Bonchev–Trinajstić information content (AvgIpc) is 2.69. The molecule has 4 heteroatoms. The molecule has 1 atom stereocenters. The van der Waals surface area contributed by atoms with E-state index >= 15 is 0 Å². The van der Waals surface area contributed by atoms with Gasteiger partial charge < -0.3 is 14.2 Å². The standard InChI is InChI=1S/C24H38O4/c1-6-9-10-11-12-16-19-22(28-23(25)20(4)5)24(26-7-2,27-8-3)21-17-14-13-15-18-21/h13-15,17-18,22H,4,6-12,16,19H2,1-3,5H3. The van der Waals surface area contributed by atoms with Crippen LogP contribution in [-0.4, -0.2) is 25.3 Å². The van der Waals surface area contributed by atoms with Crippen molar-refractivity contribution in [2.24, 2.45) is 0 Å². The Balaban J connectivity index is 3.10. The van der Waals surface area contributed by atoms with E-state index in [1.54, 1.807) is 6.92 Å². The summed E-state index contributed by atoms with van der Waals surface area (Å²) >= 11 is 0. The molecule has 0 saturated carbocycles. The van der Waals surface area contributed by atoms with Crippen LogP contribution in [0.15, 0.2) is 42.5 Å². The van der Waals surface area contributed by atoms with Crippen molar-refractivity contribution in [2.45, 2.75) is 84.5 Å². The highest BCUT2D eigenvalue weighted by atomic mass is 16.7. The predicted octanol–water partition coefficient (Wildman–Crippen LogP) is 6.15. The number of rotatable bonds is 15. The first-order valence-electron chi connectivity index (χ1n) is 10.7. The summed E-state index contributed by atoms with van der Waals surface area (Å²) in [4.78, 5) is 12.4. The summed E-state index contributed by atoms with van der Waals surface area (Å²) < 4.78 is 18.2. The minimum atomic E-state index is -1.11. The fourth-order valence-corrected chi connectivity index (χ4v) is 3.35. The Kier molecular flexibility index (Phi) is 11.8. The summed E-state index contributed by atoms with van der Waals surface area (Å²) in [6, 6.07) is 9.78. The van der Waals surface area contributed by atoms with E-state index in [9.17, 15) is 4.79 Å². The smallest absolute Gasteiger partial charge is 0.333 e. The molecule has 0 N–H and O–H groups in total. The van der Waals surface area contributed by atoms with Crippen LogP contribution in [0.4, 0.5) is 0 Å². The highest BCUT2D eigenvalue weighted by Crippen LogP contribution is 2.36. The highest BCUT2D eigenvalue weighted by molar-refractivity contribution is 5.87. The molecule has 0 amide bonds. The van der Waals surface area contributed by atoms with Crippen molar-refractivity contribution in [1.29, 1.82) is 0 Å². The Labute approximate surface area is 171 Å². The Morgan fingerprint density at radius 1 is 0.964 bits per heavy atom. The molecule has 1 rings (SSSR count). The molecule has 0 spiro atoms. The van der Waals surface area contributed by atoms with Crippen LogP contribution >= 0.6 is 0 Å². The molecular weight excluding hydrogens is 352 g/mol. The summed E-state index contributed by atoms with van der Waals surface area (Å²) in [6.45, 7) is 12.4. The predicted molar refractivity (Wildman–Crippen MR) is 114 cm³/mol. The lowest BCUT2D eigenvalue weighted by molar-refractivity contribution is -0.294. The molecule has 1 unspecified atom stereocenters. The van der Waals surface area contributed by atoms with Crippen molar-refractivity contribution in [3.63, 3.8) is 0 Å². The molecular formula is C24H38O4. The molecule has 0 aliphatic rings. The molecule has 0 bridgehead atoms. The quantitative estimate of drug-likeness (QED) is 0.156. The van der Waals surface area contributed by atoms with E-state index in [0.29, 0.717) is 25.2 Å². The van der Waals surface area contributed by atoms with Crippen molar-refractivity contribution in [2.75, 3.05) is 13.2 Å². The zero-order valence-corrected chi connectivity index (χ0v) is 18.2. The van der Waals surface area contributed by atoms with Crippen LogP contribution in [0.5, 0.6) is 0 Å². The van der Waals surface area contributed by atoms with Gasteiger partial charge in [-0.05, 0) is 33.6 Å². The molecule has 1 aromatic carbocycles. The van der Waals surface area contributed by atoms with Crippen molar-refractivity contribution in [1.82, 2.24) is 0 Å². The van der Waals surface area contributed by atoms with Crippen LogP contribution in [-0.2, 0) is 24.8 Å². The highest BCUT2D eigenvalue weighted by Gasteiger charge is 2.45. The maximum atomic E-state index is 12.4. The number of benzene rings is 1. The maximum absolute atomic E-state index is 12.4. The first-order chi connectivity index (χ1) is 13.5. The van der Waals surface area contributed by atoms with Crippen LogP contribution in [0.1, 0.15) is 78.2 Å². The fourth-order valence-electron chi connectivity index (χ4n) is 3.35. The number of unbranched alkanes of at least 4 members (excludes halogenated alkanes) is 5. The SMILES string of the molecule is C=C(C)C(=O)OC(CCCCCCCC)C(OCC)(OCC)c1ccccc1. The van der Waals surface area contributed by atoms with Crippen LogP contribution in [0.3, 0.4) is 0 Å². The largest absolute Gasteiger partial charge is 0.453 e. The minimum absolute atomic E-state index is 0.378. The minimum Gasteiger partial charge on any atom is -0.453 e. The second-order valence-electron chi connectivity index (χ2n) is 7.13. The molecule has 0 fully saturated rings. The van der Waals surface area contributed by atoms with E-state index in [4.69, 9.17) is 14.2 Å². The topological polar surface area (TPSA) is 44.8 Å². The van der Waals surface area contributed by atoms with Gasteiger partial charge in [0.25, 0.3) is 0 Å². The number of carbonyl (C=O) groups is 1. The molecule has 0 aromatic heterocycles. The van der Waals surface area contributed by atoms with Gasteiger partial charge in [-0.3, -0.25) is 0 Å². The van der Waals surface area contributed by atoms with E-state index in [-0.39, 0.29) is 0 Å². The van der Waals surface area contributed by atoms with E-state index < -0.39 is 17.9 Å². The number of carbonyl (C=O) groups excluding carboxylic acids is 1. The number of hydrogen-bond donors (Lipinski definition) is 0. The van der Waals surface area contributed by atoms with Gasteiger partial charge in [-0.1, -0.05) is 75.9 Å². The second kappa shape index (κ2) is 13.5. The third-order valence-electron chi connectivity index (χ3n) is 4.74. The molecule has 0 heterocycles. The van der Waals surface area contributed by atoms with Gasteiger partial charge in [-0.15, -0.1) is 0 Å². The summed E-state index contributed by atoms with van der Waals surface area (Å²) in [5, 5.41) is 0.